The maximum atomic E-state index is 4.69. The van der Waals surface area contributed by atoms with Crippen LogP contribution in [0.15, 0.2) is 510 Å². The van der Waals surface area contributed by atoms with Gasteiger partial charge in [-0.1, -0.05) is 376 Å². The number of hydrogen-bond donors (Lipinski definition) is 0. The van der Waals surface area contributed by atoms with Crippen LogP contribution in [0.5, 0.6) is 0 Å². The van der Waals surface area contributed by atoms with Gasteiger partial charge in [0.05, 0.1) is 50.2 Å². The first-order valence-corrected chi connectivity index (χ1v) is 48.4. The monoisotopic (exact) mass is 1790 g/mol. The topological polar surface area (TPSA) is 53.5 Å². The van der Waals surface area contributed by atoms with Crippen molar-refractivity contribution in [2.75, 3.05) is 0 Å². The third kappa shape index (κ3) is 13.2. The van der Waals surface area contributed by atoms with Crippen LogP contribution in [-0.4, -0.2) is 28.7 Å². The van der Waals surface area contributed by atoms with Gasteiger partial charge in [-0.05, 0) is 278 Å². The van der Waals surface area contributed by atoms with Crippen LogP contribution in [0.4, 0.5) is 0 Å². The van der Waals surface area contributed by atoms with E-state index in [9.17, 15) is 0 Å². The van der Waals surface area contributed by atoms with Gasteiger partial charge in [0.2, 0.25) is 0 Å². The lowest BCUT2D eigenvalue weighted by molar-refractivity contribution is 1.18. The van der Waals surface area contributed by atoms with Gasteiger partial charge in [0.15, 0.2) is 0 Å². The molecule has 6 nitrogen and oxygen atoms in total. The molecule has 0 aliphatic carbocycles. The van der Waals surface area contributed by atoms with E-state index in [2.05, 4.69) is 491 Å². The van der Waals surface area contributed by atoms with Gasteiger partial charge < -0.3 is 13.7 Å². The van der Waals surface area contributed by atoms with E-state index in [-0.39, 0.29) is 0 Å². The standard InChI is InChI=1S/3C45H28N2/c1-4-13-41(47-42-14-5-2-10-36(42)37-11-3-6-15-43(37)47)35(9-1)34-25-21-32-22-26-38-33(24-20-31-23-27-39(34)45(32)44(31)38)29-16-18-30(19-17-29)40-12-7-8-28-46-40;1-3-13-42-38(11-1)39-12-2-4-14-43(39)47(42)35-10-6-9-34(28-35)37-20-16-31-17-21-40-36(19-15-30-18-22-41(37)45(31)44(30)40)33-8-5-7-32(27-33)29-23-25-46-26-24-29;1-2-10-36(41-13-7-8-28-46-41)34(9-1)35-25-19-31-20-26-39-33(24-18-30-21-27-40(35)45(31)44(30)39)29-16-22-32(23-17-29)47-42-14-5-3-11-37(42)38-12-4-6-15-43(38)47/h3*1-28H. The third-order valence-corrected chi connectivity index (χ3v) is 29.5. The molecule has 30 aromatic rings. The number of pyridine rings is 3. The highest BCUT2D eigenvalue weighted by Gasteiger charge is 2.25. The lowest BCUT2D eigenvalue weighted by Crippen LogP contribution is -1.97. The zero-order valence-corrected chi connectivity index (χ0v) is 76.7. The average molecular weight is 1790 g/mol. The van der Waals surface area contributed by atoms with Crippen molar-refractivity contribution in [3.8, 4) is 117 Å². The Kier molecular flexibility index (Phi) is 18.9. The van der Waals surface area contributed by atoms with E-state index >= 15 is 0 Å². The summed E-state index contributed by atoms with van der Waals surface area (Å²) in [5.41, 5.74) is 32.2. The molecule has 6 aromatic heterocycles. The normalized spacial score (nSPS) is 11.8. The molecule has 6 heterocycles. The fraction of sp³-hybridized carbons (Fsp3) is 0. The molecule has 141 heavy (non-hydrogen) atoms. The fourth-order valence-electron chi connectivity index (χ4n) is 23.2. The summed E-state index contributed by atoms with van der Waals surface area (Å²) < 4.78 is 7.21. The lowest BCUT2D eigenvalue weighted by Gasteiger charge is -2.19. The molecule has 654 valence electrons. The molecule has 0 fully saturated rings. The van der Waals surface area contributed by atoms with Crippen molar-refractivity contribution in [2.45, 2.75) is 0 Å². The first-order chi connectivity index (χ1) is 70.0. The molecule has 24 aromatic carbocycles. The summed E-state index contributed by atoms with van der Waals surface area (Å²) >= 11 is 0. The summed E-state index contributed by atoms with van der Waals surface area (Å²) in [7, 11) is 0. The van der Waals surface area contributed by atoms with E-state index in [1.807, 2.05) is 43.0 Å². The number of rotatable bonds is 12. The molecule has 0 amide bonds. The highest BCUT2D eigenvalue weighted by atomic mass is 15.0. The van der Waals surface area contributed by atoms with Gasteiger partial charge in [-0.3, -0.25) is 15.0 Å². The van der Waals surface area contributed by atoms with E-state index in [1.54, 1.807) is 0 Å². The second-order valence-electron chi connectivity index (χ2n) is 37.0. The van der Waals surface area contributed by atoms with Gasteiger partial charge in [-0.15, -0.1) is 0 Å². The van der Waals surface area contributed by atoms with Crippen LogP contribution in [0.2, 0.25) is 0 Å². The van der Waals surface area contributed by atoms with Gasteiger partial charge >= 0.3 is 0 Å². The minimum Gasteiger partial charge on any atom is -0.309 e. The third-order valence-electron chi connectivity index (χ3n) is 29.5. The van der Waals surface area contributed by atoms with Crippen molar-refractivity contribution in [3.05, 3.63) is 510 Å². The summed E-state index contributed by atoms with van der Waals surface area (Å²) in [6, 6.07) is 177. The fourth-order valence-corrected chi connectivity index (χ4v) is 23.2. The Labute approximate surface area is 812 Å². The Hall–Kier alpha value is -18.8. The molecule has 0 saturated heterocycles. The Morgan fingerprint density at radius 2 is 0.454 bits per heavy atom. The van der Waals surface area contributed by atoms with Crippen LogP contribution >= 0.6 is 0 Å². The Morgan fingerprint density at radius 1 is 0.142 bits per heavy atom. The molecule has 0 bridgehead atoms. The largest absolute Gasteiger partial charge is 0.309 e. The molecule has 0 unspecified atom stereocenters. The SMILES string of the molecule is c1cc(-c2ccncc2)cc(-c2ccc3ccc4c(-c5cccc(-n6c7ccccc7c7ccccc76)c5)ccc5ccc2c3c54)c1.c1ccc(-c2ccc(-c3ccc4ccc5c(-c6ccccc6-n6c7ccccc7c7ccccc76)ccc6ccc3c4c65)cc2)nc1.c1ccc(-c2ccccc2-c2ccc3ccc4c(-c5ccc(-n6c7ccccc7c7ccccc76)cc5)ccc5ccc2c3c54)nc1. The van der Waals surface area contributed by atoms with Gasteiger partial charge in [-0.2, -0.15) is 0 Å². The van der Waals surface area contributed by atoms with Crippen LogP contribution in [0.25, 0.3) is 280 Å². The molecule has 0 aliphatic heterocycles. The van der Waals surface area contributed by atoms with E-state index in [0.29, 0.717) is 0 Å². The van der Waals surface area contributed by atoms with Crippen molar-refractivity contribution in [1.29, 1.82) is 0 Å². The predicted molar refractivity (Wildman–Crippen MR) is 596 cm³/mol. The van der Waals surface area contributed by atoms with Gasteiger partial charge in [0.25, 0.3) is 0 Å². The van der Waals surface area contributed by atoms with E-state index in [0.717, 1.165) is 22.5 Å². The minimum atomic E-state index is 0.987. The van der Waals surface area contributed by atoms with E-state index in [4.69, 9.17) is 4.98 Å². The number of nitrogens with zero attached hydrogens (tertiary/aromatic N) is 6. The van der Waals surface area contributed by atoms with Gasteiger partial charge in [0, 0.05) is 85.2 Å². The van der Waals surface area contributed by atoms with Crippen LogP contribution in [0.3, 0.4) is 0 Å². The summed E-state index contributed by atoms with van der Waals surface area (Å²) in [5, 5.41) is 30.8. The van der Waals surface area contributed by atoms with Crippen molar-refractivity contribution >= 4 is 162 Å². The Balaban J connectivity index is 0.000000104. The first kappa shape index (κ1) is 80.7. The molecule has 0 radical (unpaired) electrons. The highest BCUT2D eigenvalue weighted by molar-refractivity contribution is 6.31. The van der Waals surface area contributed by atoms with Crippen molar-refractivity contribution < 1.29 is 0 Å². The van der Waals surface area contributed by atoms with Crippen molar-refractivity contribution in [1.82, 2.24) is 28.7 Å². The number of hydrogen-bond acceptors (Lipinski definition) is 3. The molecule has 0 saturated carbocycles. The molecule has 6 heteroatoms. The number of fused-ring (bicyclic) bond motifs is 9. The van der Waals surface area contributed by atoms with Crippen LogP contribution in [0, 0.1) is 0 Å². The van der Waals surface area contributed by atoms with E-state index < -0.39 is 0 Å². The van der Waals surface area contributed by atoms with Gasteiger partial charge in [0.1, 0.15) is 0 Å². The number of benzene rings is 24. The molecule has 0 aliphatic rings. The zero-order valence-electron chi connectivity index (χ0n) is 76.7. The predicted octanol–water partition coefficient (Wildman–Crippen LogP) is 36.2. The number of aromatic nitrogens is 6. The Morgan fingerprint density at radius 3 is 0.887 bits per heavy atom. The molecular formula is C135H84N6. The zero-order chi connectivity index (χ0) is 92.7. The van der Waals surface area contributed by atoms with Crippen LogP contribution < -0.4 is 0 Å². The summed E-state index contributed by atoms with van der Waals surface area (Å²) in [5.74, 6) is 0. The van der Waals surface area contributed by atoms with Crippen LogP contribution in [0.1, 0.15) is 0 Å². The lowest BCUT2D eigenvalue weighted by atomic mass is 9.86. The van der Waals surface area contributed by atoms with Gasteiger partial charge in [-0.25, -0.2) is 0 Å². The Bertz CT molecular complexity index is 10000. The second kappa shape index (κ2) is 33.1. The minimum absolute atomic E-state index is 0.987. The molecule has 0 spiro atoms. The number of para-hydroxylation sites is 7. The maximum Gasteiger partial charge on any atom is 0.0708 e. The average Bonchev–Trinajstić information content (AvgIpc) is 1.50. The molecular weight excluding hydrogens is 1710 g/mol. The highest BCUT2D eigenvalue weighted by Crippen LogP contribution is 2.50. The maximum absolute atomic E-state index is 4.69. The quantitative estimate of drug-likeness (QED) is 0.115. The smallest absolute Gasteiger partial charge is 0.0708 e. The van der Waals surface area contributed by atoms with E-state index in [1.165, 1.54) is 257 Å². The molecule has 0 atom stereocenters. The summed E-state index contributed by atoms with van der Waals surface area (Å²) in [4.78, 5) is 13.4. The first-order valence-electron chi connectivity index (χ1n) is 48.4. The van der Waals surface area contributed by atoms with Crippen molar-refractivity contribution in [3.63, 3.8) is 0 Å². The summed E-state index contributed by atoms with van der Waals surface area (Å²) in [6.45, 7) is 0. The summed E-state index contributed by atoms with van der Waals surface area (Å²) in [6.07, 6.45) is 7.43. The van der Waals surface area contributed by atoms with Crippen LogP contribution in [-0.2, 0) is 0 Å². The van der Waals surface area contributed by atoms with Crippen molar-refractivity contribution in [2.24, 2.45) is 0 Å². The molecule has 30 rings (SSSR count). The molecule has 0 N–H and O–H groups in total. The second-order valence-corrected chi connectivity index (χ2v) is 37.0.